The van der Waals surface area contributed by atoms with Gasteiger partial charge in [-0.15, -0.1) is 0 Å². The van der Waals surface area contributed by atoms with Crippen molar-refractivity contribution in [2.75, 3.05) is 7.05 Å². The van der Waals surface area contributed by atoms with E-state index in [-0.39, 0.29) is 11.9 Å². The summed E-state index contributed by atoms with van der Waals surface area (Å²) in [4.78, 5) is 14.2. The zero-order valence-electron chi connectivity index (χ0n) is 11.4. The maximum Gasteiger partial charge on any atom is 0.255 e. The van der Waals surface area contributed by atoms with Crippen LogP contribution in [0.5, 0.6) is 0 Å². The summed E-state index contributed by atoms with van der Waals surface area (Å²) in [7, 11) is 1.79. The Hall–Kier alpha value is -0.870. The van der Waals surface area contributed by atoms with Crippen LogP contribution in [-0.2, 0) is 0 Å². The van der Waals surface area contributed by atoms with Crippen LogP contribution in [-0.4, -0.2) is 35.1 Å². The predicted octanol–water partition coefficient (Wildman–Crippen LogP) is 3.13. The first kappa shape index (κ1) is 14.5. The second-order valence-electron chi connectivity index (χ2n) is 5.32. The first-order valence-electron chi connectivity index (χ1n) is 6.72. The predicted molar refractivity (Wildman–Crippen MR) is 79.2 cm³/mol. The molecule has 0 saturated heterocycles. The van der Waals surface area contributed by atoms with E-state index in [4.69, 9.17) is 0 Å². The molecule has 0 bridgehead atoms. The van der Waals surface area contributed by atoms with Crippen LogP contribution in [0, 0.1) is 6.92 Å². The van der Waals surface area contributed by atoms with Gasteiger partial charge in [0.2, 0.25) is 0 Å². The van der Waals surface area contributed by atoms with Crippen molar-refractivity contribution in [3.63, 3.8) is 0 Å². The molecule has 0 aliphatic heterocycles. The maximum atomic E-state index is 12.5. The van der Waals surface area contributed by atoms with E-state index in [9.17, 15) is 9.90 Å². The summed E-state index contributed by atoms with van der Waals surface area (Å²) in [6.45, 7) is 1.97. The number of likely N-dealkylation sites (N-methyl/N-ethyl adjacent to an activating group) is 1. The van der Waals surface area contributed by atoms with Gasteiger partial charge < -0.3 is 10.0 Å². The number of benzene rings is 1. The third-order valence-corrected chi connectivity index (χ3v) is 4.56. The monoisotopic (exact) mass is 325 g/mol. The van der Waals surface area contributed by atoms with E-state index in [0.717, 1.165) is 35.7 Å². The Morgan fingerprint density at radius 3 is 2.74 bits per heavy atom. The fourth-order valence-electron chi connectivity index (χ4n) is 2.69. The average molecular weight is 326 g/mol. The Kier molecular flexibility index (Phi) is 4.63. The Morgan fingerprint density at radius 1 is 1.37 bits per heavy atom. The van der Waals surface area contributed by atoms with E-state index in [2.05, 4.69) is 15.9 Å². The number of rotatable bonds is 2. The van der Waals surface area contributed by atoms with Crippen molar-refractivity contribution in [3.8, 4) is 0 Å². The molecule has 1 aromatic rings. The number of amides is 1. The van der Waals surface area contributed by atoms with Gasteiger partial charge in [-0.2, -0.15) is 0 Å². The van der Waals surface area contributed by atoms with Gasteiger partial charge in [0.25, 0.3) is 5.91 Å². The molecule has 3 nitrogen and oxygen atoms in total. The number of hydrogen-bond acceptors (Lipinski definition) is 2. The standard InChI is InChI=1S/C15H20BrNO2/c1-10-7-8-12(16)11(9-10)15(19)17(2)13-5-3-4-6-14(13)18/h7-9,13-14,18H,3-6H2,1-2H3. The molecule has 0 spiro atoms. The molecule has 2 atom stereocenters. The Balaban J connectivity index is 2.20. The quantitative estimate of drug-likeness (QED) is 0.907. The Labute approximate surface area is 122 Å². The molecule has 0 heterocycles. The molecular weight excluding hydrogens is 306 g/mol. The van der Waals surface area contributed by atoms with Crippen molar-refractivity contribution < 1.29 is 9.90 Å². The molecule has 0 radical (unpaired) electrons. The van der Waals surface area contributed by atoms with Gasteiger partial charge >= 0.3 is 0 Å². The summed E-state index contributed by atoms with van der Waals surface area (Å²) >= 11 is 3.43. The summed E-state index contributed by atoms with van der Waals surface area (Å²) in [5.74, 6) is -0.0264. The first-order valence-corrected chi connectivity index (χ1v) is 7.51. The van der Waals surface area contributed by atoms with Crippen molar-refractivity contribution in [1.29, 1.82) is 0 Å². The van der Waals surface area contributed by atoms with Gasteiger partial charge in [-0.1, -0.05) is 24.5 Å². The zero-order valence-corrected chi connectivity index (χ0v) is 13.0. The molecule has 1 aromatic carbocycles. The van der Waals surface area contributed by atoms with E-state index in [1.807, 2.05) is 25.1 Å². The lowest BCUT2D eigenvalue weighted by atomic mass is 9.91. The highest BCUT2D eigenvalue weighted by atomic mass is 79.9. The molecule has 1 aliphatic carbocycles. The Morgan fingerprint density at radius 2 is 2.05 bits per heavy atom. The number of carbonyl (C=O) groups excluding carboxylic acids is 1. The zero-order chi connectivity index (χ0) is 14.0. The van der Waals surface area contributed by atoms with Crippen molar-refractivity contribution >= 4 is 21.8 Å². The van der Waals surface area contributed by atoms with Crippen LogP contribution < -0.4 is 0 Å². The lowest BCUT2D eigenvalue weighted by Crippen LogP contribution is -2.46. The van der Waals surface area contributed by atoms with Crippen LogP contribution in [0.2, 0.25) is 0 Å². The summed E-state index contributed by atoms with van der Waals surface area (Å²) in [5, 5.41) is 10.1. The van der Waals surface area contributed by atoms with Crippen LogP contribution in [0.3, 0.4) is 0 Å². The van der Waals surface area contributed by atoms with Crippen molar-refractivity contribution in [2.24, 2.45) is 0 Å². The molecule has 19 heavy (non-hydrogen) atoms. The summed E-state index contributed by atoms with van der Waals surface area (Å²) in [5.41, 5.74) is 1.73. The van der Waals surface area contributed by atoms with Gasteiger partial charge in [0, 0.05) is 11.5 Å². The number of aryl methyl sites for hydroxylation is 1. The van der Waals surface area contributed by atoms with Crippen LogP contribution in [0.1, 0.15) is 41.6 Å². The molecule has 0 aromatic heterocycles. The molecular formula is C15H20BrNO2. The number of hydrogen-bond donors (Lipinski definition) is 1. The van der Waals surface area contributed by atoms with Crippen molar-refractivity contribution in [3.05, 3.63) is 33.8 Å². The van der Waals surface area contributed by atoms with E-state index in [0.29, 0.717) is 5.56 Å². The highest BCUT2D eigenvalue weighted by Gasteiger charge is 2.30. The molecule has 1 N–H and O–H groups in total. The molecule has 4 heteroatoms. The second-order valence-corrected chi connectivity index (χ2v) is 6.17. The third kappa shape index (κ3) is 3.18. The van der Waals surface area contributed by atoms with Crippen LogP contribution >= 0.6 is 15.9 Å². The lowest BCUT2D eigenvalue weighted by molar-refractivity contribution is 0.0267. The number of carbonyl (C=O) groups is 1. The summed E-state index contributed by atoms with van der Waals surface area (Å²) in [6.07, 6.45) is 3.40. The summed E-state index contributed by atoms with van der Waals surface area (Å²) < 4.78 is 0.806. The molecule has 104 valence electrons. The topological polar surface area (TPSA) is 40.5 Å². The fourth-order valence-corrected chi connectivity index (χ4v) is 3.10. The van der Waals surface area contributed by atoms with E-state index >= 15 is 0 Å². The lowest BCUT2D eigenvalue weighted by Gasteiger charge is -2.35. The smallest absolute Gasteiger partial charge is 0.255 e. The molecule has 1 saturated carbocycles. The third-order valence-electron chi connectivity index (χ3n) is 3.86. The van der Waals surface area contributed by atoms with Gasteiger partial charge in [-0.3, -0.25) is 4.79 Å². The highest BCUT2D eigenvalue weighted by molar-refractivity contribution is 9.10. The fraction of sp³-hybridized carbons (Fsp3) is 0.533. The Bertz CT molecular complexity index is 475. The van der Waals surface area contributed by atoms with E-state index in [1.165, 1.54) is 0 Å². The number of aliphatic hydroxyl groups is 1. The van der Waals surface area contributed by atoms with Crippen LogP contribution in [0.4, 0.5) is 0 Å². The van der Waals surface area contributed by atoms with Gasteiger partial charge in [-0.05, 0) is 47.8 Å². The number of nitrogens with zero attached hydrogens (tertiary/aromatic N) is 1. The number of halogens is 1. The average Bonchev–Trinajstić information content (AvgIpc) is 2.40. The minimum Gasteiger partial charge on any atom is -0.391 e. The molecule has 2 rings (SSSR count). The maximum absolute atomic E-state index is 12.5. The SMILES string of the molecule is Cc1ccc(Br)c(C(=O)N(C)C2CCCCC2O)c1. The normalized spacial score (nSPS) is 23.2. The number of aliphatic hydroxyl groups excluding tert-OH is 1. The van der Waals surface area contributed by atoms with E-state index in [1.54, 1.807) is 11.9 Å². The van der Waals surface area contributed by atoms with Crippen LogP contribution in [0.15, 0.2) is 22.7 Å². The highest BCUT2D eigenvalue weighted by Crippen LogP contribution is 2.26. The van der Waals surface area contributed by atoms with Gasteiger partial charge in [0.05, 0.1) is 17.7 Å². The van der Waals surface area contributed by atoms with Gasteiger partial charge in [0.1, 0.15) is 0 Å². The van der Waals surface area contributed by atoms with Gasteiger partial charge in [0.15, 0.2) is 0 Å². The minimum atomic E-state index is -0.397. The second kappa shape index (κ2) is 6.06. The molecule has 1 aliphatic rings. The summed E-state index contributed by atoms with van der Waals surface area (Å²) in [6, 6.07) is 5.69. The van der Waals surface area contributed by atoms with Gasteiger partial charge in [-0.25, -0.2) is 0 Å². The largest absolute Gasteiger partial charge is 0.391 e. The van der Waals surface area contributed by atoms with Crippen molar-refractivity contribution in [1.82, 2.24) is 4.90 Å². The minimum absolute atomic E-state index is 0.0264. The van der Waals surface area contributed by atoms with Crippen molar-refractivity contribution in [2.45, 2.75) is 44.8 Å². The van der Waals surface area contributed by atoms with Crippen LogP contribution in [0.25, 0.3) is 0 Å². The molecule has 1 amide bonds. The molecule has 1 fully saturated rings. The molecule has 2 unspecified atom stereocenters. The first-order chi connectivity index (χ1) is 9.00. The van der Waals surface area contributed by atoms with E-state index < -0.39 is 6.10 Å².